The molecule has 0 aliphatic rings. The Bertz CT molecular complexity index is 338. The molecule has 0 bridgehead atoms. The lowest BCUT2D eigenvalue weighted by atomic mass is 10.1. The fourth-order valence-electron chi connectivity index (χ4n) is 1.57. The Labute approximate surface area is 107 Å². The number of hydrogen-bond donors (Lipinski definition) is 2. The van der Waals surface area contributed by atoms with Gasteiger partial charge in [0.2, 0.25) is 5.91 Å². The van der Waals surface area contributed by atoms with Gasteiger partial charge in [-0.1, -0.05) is 19.1 Å². The molecule has 2 N–H and O–H groups in total. The molecule has 17 heavy (non-hydrogen) atoms. The van der Waals surface area contributed by atoms with Crippen molar-refractivity contribution in [2.24, 2.45) is 0 Å². The summed E-state index contributed by atoms with van der Waals surface area (Å²) in [5, 5.41) is 0. The summed E-state index contributed by atoms with van der Waals surface area (Å²) >= 11 is 1.85. The number of aryl methyl sites for hydroxylation is 1. The maximum atomic E-state index is 11.2. The second-order valence-corrected chi connectivity index (χ2v) is 5.07. The summed E-state index contributed by atoms with van der Waals surface area (Å²) in [5.41, 5.74) is 6.49. The van der Waals surface area contributed by atoms with Crippen LogP contribution in [-0.2, 0) is 11.2 Å². The molecule has 94 valence electrons. The third-order valence-corrected chi connectivity index (χ3v) is 3.26. The fourth-order valence-corrected chi connectivity index (χ4v) is 2.24. The molecule has 1 amide bonds. The zero-order valence-corrected chi connectivity index (χ0v) is 11.3. The highest BCUT2D eigenvalue weighted by Gasteiger charge is 2.00. The molecule has 0 aliphatic heterocycles. The van der Waals surface area contributed by atoms with Crippen LogP contribution in [0.2, 0.25) is 0 Å². The van der Waals surface area contributed by atoms with Crippen LogP contribution in [0.15, 0.2) is 29.2 Å². The van der Waals surface area contributed by atoms with Crippen molar-refractivity contribution in [1.82, 2.24) is 10.9 Å². The molecule has 1 aromatic carbocycles. The molecule has 0 aliphatic carbocycles. The molecule has 0 saturated carbocycles. The lowest BCUT2D eigenvalue weighted by Gasteiger charge is -2.04. The van der Waals surface area contributed by atoms with Crippen LogP contribution in [0.1, 0.15) is 25.3 Å². The van der Waals surface area contributed by atoms with Crippen LogP contribution < -0.4 is 10.9 Å². The smallest absolute Gasteiger partial charge is 0.234 e. The minimum Gasteiger partial charge on any atom is -0.292 e. The average molecular weight is 252 g/mol. The van der Waals surface area contributed by atoms with E-state index in [1.54, 1.807) is 7.05 Å². The van der Waals surface area contributed by atoms with Crippen LogP contribution in [0.3, 0.4) is 0 Å². The SMILES string of the molecule is CCSc1ccc(CCCC(=O)NNC)cc1. The van der Waals surface area contributed by atoms with Crippen molar-refractivity contribution < 1.29 is 4.79 Å². The highest BCUT2D eigenvalue weighted by atomic mass is 32.2. The first-order valence-electron chi connectivity index (χ1n) is 5.93. The summed E-state index contributed by atoms with van der Waals surface area (Å²) < 4.78 is 0. The Hall–Kier alpha value is -1.00. The molecular formula is C13H20N2OS. The molecule has 3 nitrogen and oxygen atoms in total. The summed E-state index contributed by atoms with van der Waals surface area (Å²) in [6.07, 6.45) is 2.40. The molecule has 0 heterocycles. The maximum absolute atomic E-state index is 11.2. The summed E-state index contributed by atoms with van der Waals surface area (Å²) in [6, 6.07) is 8.59. The van der Waals surface area contributed by atoms with Crippen LogP contribution in [0.4, 0.5) is 0 Å². The lowest BCUT2D eigenvalue weighted by Crippen LogP contribution is -2.33. The lowest BCUT2D eigenvalue weighted by molar-refractivity contribution is -0.122. The molecule has 1 aromatic rings. The van der Waals surface area contributed by atoms with Crippen molar-refractivity contribution in [1.29, 1.82) is 0 Å². The maximum Gasteiger partial charge on any atom is 0.234 e. The van der Waals surface area contributed by atoms with Crippen molar-refractivity contribution >= 4 is 17.7 Å². The molecule has 1 rings (SSSR count). The quantitative estimate of drug-likeness (QED) is 0.578. The number of hydrogen-bond acceptors (Lipinski definition) is 3. The van der Waals surface area contributed by atoms with Crippen LogP contribution in [0.5, 0.6) is 0 Å². The third-order valence-electron chi connectivity index (χ3n) is 2.37. The van der Waals surface area contributed by atoms with Gasteiger partial charge in [0.15, 0.2) is 0 Å². The summed E-state index contributed by atoms with van der Waals surface area (Å²) in [7, 11) is 1.70. The van der Waals surface area contributed by atoms with Crippen LogP contribution in [-0.4, -0.2) is 18.7 Å². The number of rotatable bonds is 7. The van der Waals surface area contributed by atoms with Crippen molar-refractivity contribution in [2.45, 2.75) is 31.1 Å². The normalized spacial score (nSPS) is 10.2. The first-order chi connectivity index (χ1) is 8.26. The summed E-state index contributed by atoms with van der Waals surface area (Å²) in [6.45, 7) is 2.15. The van der Waals surface area contributed by atoms with Crippen molar-refractivity contribution in [3.63, 3.8) is 0 Å². The van der Waals surface area contributed by atoms with Crippen LogP contribution >= 0.6 is 11.8 Å². The number of hydrazine groups is 1. The van der Waals surface area contributed by atoms with Gasteiger partial charge in [0.25, 0.3) is 0 Å². The zero-order valence-electron chi connectivity index (χ0n) is 10.5. The number of thioether (sulfide) groups is 1. The minimum absolute atomic E-state index is 0.0469. The van der Waals surface area contributed by atoms with E-state index in [2.05, 4.69) is 42.0 Å². The van der Waals surface area contributed by atoms with Gasteiger partial charge in [-0.05, 0) is 36.3 Å². The monoisotopic (exact) mass is 252 g/mol. The summed E-state index contributed by atoms with van der Waals surface area (Å²) in [4.78, 5) is 12.5. The molecule has 0 spiro atoms. The first-order valence-corrected chi connectivity index (χ1v) is 6.92. The van der Waals surface area contributed by atoms with Gasteiger partial charge >= 0.3 is 0 Å². The Kier molecular flexibility index (Phi) is 6.74. The Morgan fingerprint density at radius 2 is 2.00 bits per heavy atom. The number of carbonyl (C=O) groups excluding carboxylic acids is 1. The van der Waals surface area contributed by atoms with Gasteiger partial charge in [-0.3, -0.25) is 10.2 Å². The van der Waals surface area contributed by atoms with Crippen molar-refractivity contribution in [2.75, 3.05) is 12.8 Å². The molecular weight excluding hydrogens is 232 g/mol. The van der Waals surface area contributed by atoms with E-state index in [-0.39, 0.29) is 5.91 Å². The third kappa shape index (κ3) is 5.75. The Balaban J connectivity index is 2.29. The van der Waals surface area contributed by atoms with Crippen LogP contribution in [0.25, 0.3) is 0 Å². The largest absolute Gasteiger partial charge is 0.292 e. The predicted octanol–water partition coefficient (Wildman–Crippen LogP) is 2.37. The molecule has 0 unspecified atom stereocenters. The highest BCUT2D eigenvalue weighted by molar-refractivity contribution is 7.99. The molecule has 0 fully saturated rings. The van der Waals surface area contributed by atoms with E-state index in [1.807, 2.05) is 11.8 Å². The van der Waals surface area contributed by atoms with E-state index in [9.17, 15) is 4.79 Å². The second kappa shape index (κ2) is 8.14. The Morgan fingerprint density at radius 1 is 1.29 bits per heavy atom. The number of amides is 1. The van der Waals surface area contributed by atoms with E-state index >= 15 is 0 Å². The van der Waals surface area contributed by atoms with E-state index in [1.165, 1.54) is 10.5 Å². The molecule has 0 radical (unpaired) electrons. The molecule has 0 atom stereocenters. The second-order valence-electron chi connectivity index (χ2n) is 3.73. The predicted molar refractivity (Wildman–Crippen MR) is 73.0 cm³/mol. The van der Waals surface area contributed by atoms with Gasteiger partial charge in [-0.15, -0.1) is 11.8 Å². The number of carbonyl (C=O) groups is 1. The van der Waals surface area contributed by atoms with E-state index in [4.69, 9.17) is 0 Å². The first kappa shape index (κ1) is 14.1. The number of nitrogens with one attached hydrogen (secondary N) is 2. The van der Waals surface area contributed by atoms with Crippen molar-refractivity contribution in [3.05, 3.63) is 29.8 Å². The van der Waals surface area contributed by atoms with E-state index in [0.29, 0.717) is 6.42 Å². The van der Waals surface area contributed by atoms with Gasteiger partial charge in [-0.25, -0.2) is 5.43 Å². The highest BCUT2D eigenvalue weighted by Crippen LogP contribution is 2.18. The van der Waals surface area contributed by atoms with E-state index in [0.717, 1.165) is 18.6 Å². The van der Waals surface area contributed by atoms with Gasteiger partial charge in [0.05, 0.1) is 0 Å². The molecule has 0 saturated heterocycles. The van der Waals surface area contributed by atoms with Gasteiger partial charge < -0.3 is 0 Å². The van der Waals surface area contributed by atoms with Crippen molar-refractivity contribution in [3.8, 4) is 0 Å². The van der Waals surface area contributed by atoms with Gasteiger partial charge in [0.1, 0.15) is 0 Å². The average Bonchev–Trinajstić information content (AvgIpc) is 2.32. The van der Waals surface area contributed by atoms with E-state index < -0.39 is 0 Å². The molecule has 4 heteroatoms. The topological polar surface area (TPSA) is 41.1 Å². The summed E-state index contributed by atoms with van der Waals surface area (Å²) in [5.74, 6) is 1.15. The minimum atomic E-state index is 0.0469. The van der Waals surface area contributed by atoms with Crippen LogP contribution in [0, 0.1) is 0 Å². The van der Waals surface area contributed by atoms with Gasteiger partial charge in [-0.2, -0.15) is 0 Å². The van der Waals surface area contributed by atoms with Gasteiger partial charge in [0, 0.05) is 18.4 Å². The number of benzene rings is 1. The molecule has 0 aromatic heterocycles. The standard InChI is InChI=1S/C13H20N2OS/c1-3-17-12-9-7-11(8-10-12)5-4-6-13(16)15-14-2/h7-10,14H,3-6H2,1-2H3,(H,15,16). The zero-order chi connectivity index (χ0) is 12.5. The Morgan fingerprint density at radius 3 is 2.59 bits per heavy atom. The fraction of sp³-hybridized carbons (Fsp3) is 0.462.